The van der Waals surface area contributed by atoms with Gasteiger partial charge in [-0.2, -0.15) is 0 Å². The Morgan fingerprint density at radius 3 is 1.71 bits per heavy atom. The largest absolute Gasteiger partial charge is 2.00 e. The summed E-state index contributed by atoms with van der Waals surface area (Å²) in [5, 5.41) is 0. The van der Waals surface area contributed by atoms with E-state index < -0.39 is 7.82 Å². The van der Waals surface area contributed by atoms with Crippen LogP contribution in [0.1, 0.15) is 39.5 Å². The summed E-state index contributed by atoms with van der Waals surface area (Å²) >= 11 is 0. The fraction of sp³-hybridized carbons (Fsp3) is 1.00. The van der Waals surface area contributed by atoms with Crippen LogP contribution in [0, 0.1) is 0 Å². The van der Waals surface area contributed by atoms with Crippen molar-refractivity contribution in [1.29, 1.82) is 0 Å². The molecule has 0 rings (SSSR count). The van der Waals surface area contributed by atoms with Gasteiger partial charge in [0.25, 0.3) is 7.82 Å². The van der Waals surface area contributed by atoms with Gasteiger partial charge in [-0.15, -0.1) is 0 Å². The van der Waals surface area contributed by atoms with Crippen molar-refractivity contribution in [2.24, 2.45) is 0 Å². The Bertz CT molecular complexity index is 151. The van der Waals surface area contributed by atoms with E-state index in [4.69, 9.17) is 0 Å². The second kappa shape index (κ2) is 10.3. The summed E-state index contributed by atoms with van der Waals surface area (Å²) in [6.07, 6.45) is 3.30. The summed E-state index contributed by atoms with van der Waals surface area (Å²) in [4.78, 5) is 11.0. The molecule has 4 nitrogen and oxygen atoms in total. The first-order chi connectivity index (χ1) is 6.12. The van der Waals surface area contributed by atoms with E-state index in [0.717, 1.165) is 25.7 Å². The Morgan fingerprint density at radius 1 is 1.07 bits per heavy atom. The standard InChI is InChI=1S/C8H19O4P.Zn/c1-3-5-7-11-13(9,10)12-8-6-4-2;/h3-8H2,1-2H3,(H,9,10);/q;+2/p-1. The van der Waals surface area contributed by atoms with Crippen molar-refractivity contribution in [2.75, 3.05) is 13.2 Å². The second-order valence-electron chi connectivity index (χ2n) is 2.82. The minimum Gasteiger partial charge on any atom is -0.756 e. The number of hydrogen-bond acceptors (Lipinski definition) is 4. The SMILES string of the molecule is CCCCOP(=O)([O-])OCCCC.[Zn+2]. The summed E-state index contributed by atoms with van der Waals surface area (Å²) in [5.74, 6) is 0. The Balaban J connectivity index is 0. The summed E-state index contributed by atoms with van der Waals surface area (Å²) in [6, 6.07) is 0. The fourth-order valence-electron chi connectivity index (χ4n) is 0.679. The van der Waals surface area contributed by atoms with Crippen molar-refractivity contribution < 1.29 is 38.0 Å². The molecular weight excluding hydrogens is 256 g/mol. The molecule has 0 aromatic heterocycles. The third-order valence-electron chi connectivity index (χ3n) is 1.49. The van der Waals surface area contributed by atoms with Crippen molar-refractivity contribution in [3.63, 3.8) is 0 Å². The third kappa shape index (κ3) is 10.8. The molecule has 14 heavy (non-hydrogen) atoms. The van der Waals surface area contributed by atoms with Crippen LogP contribution in [0.15, 0.2) is 0 Å². The van der Waals surface area contributed by atoms with Gasteiger partial charge in [0.15, 0.2) is 0 Å². The van der Waals surface area contributed by atoms with E-state index in [2.05, 4.69) is 9.05 Å². The van der Waals surface area contributed by atoms with Gasteiger partial charge < -0.3 is 13.9 Å². The maximum absolute atomic E-state index is 11.0. The molecule has 6 heteroatoms. The zero-order valence-corrected chi connectivity index (χ0v) is 12.9. The second-order valence-corrected chi connectivity index (χ2v) is 4.23. The molecule has 0 aliphatic carbocycles. The molecule has 0 spiro atoms. The minimum absolute atomic E-state index is 0. The van der Waals surface area contributed by atoms with Gasteiger partial charge in [0.2, 0.25) is 0 Å². The van der Waals surface area contributed by atoms with Crippen LogP contribution in [0.2, 0.25) is 0 Å². The molecule has 0 saturated carbocycles. The molecular formula is C8H18O4PZn+. The maximum atomic E-state index is 11.0. The Labute approximate surface area is 98.7 Å². The number of hydrogen-bond donors (Lipinski definition) is 0. The molecule has 0 heterocycles. The zero-order valence-electron chi connectivity index (χ0n) is 9.03. The van der Waals surface area contributed by atoms with E-state index >= 15 is 0 Å². The van der Waals surface area contributed by atoms with Gasteiger partial charge in [-0.1, -0.05) is 26.7 Å². The summed E-state index contributed by atoms with van der Waals surface area (Å²) in [5.41, 5.74) is 0. The molecule has 0 aromatic rings. The van der Waals surface area contributed by atoms with Gasteiger partial charge >= 0.3 is 19.5 Å². The van der Waals surface area contributed by atoms with Gasteiger partial charge in [-0.25, -0.2) is 0 Å². The fourth-order valence-corrected chi connectivity index (χ4v) is 1.46. The molecule has 0 fully saturated rings. The topological polar surface area (TPSA) is 58.6 Å². The average Bonchev–Trinajstić information content (AvgIpc) is 2.05. The van der Waals surface area contributed by atoms with Gasteiger partial charge in [0.05, 0.1) is 13.2 Å². The van der Waals surface area contributed by atoms with Crippen molar-refractivity contribution >= 4 is 7.82 Å². The van der Waals surface area contributed by atoms with Crippen molar-refractivity contribution in [3.05, 3.63) is 0 Å². The van der Waals surface area contributed by atoms with Crippen LogP contribution in [0.25, 0.3) is 0 Å². The van der Waals surface area contributed by atoms with E-state index in [9.17, 15) is 9.46 Å². The van der Waals surface area contributed by atoms with Crippen LogP contribution in [-0.2, 0) is 33.1 Å². The Kier molecular flexibility index (Phi) is 12.6. The zero-order chi connectivity index (χ0) is 10.2. The smallest absolute Gasteiger partial charge is 0.756 e. The molecule has 0 unspecified atom stereocenters. The first-order valence-electron chi connectivity index (χ1n) is 4.72. The molecule has 0 N–H and O–H groups in total. The third-order valence-corrected chi connectivity index (χ3v) is 2.49. The molecule has 0 radical (unpaired) electrons. The number of unbranched alkanes of at least 4 members (excludes halogenated alkanes) is 2. The van der Waals surface area contributed by atoms with Crippen LogP contribution in [0.3, 0.4) is 0 Å². The maximum Gasteiger partial charge on any atom is 2.00 e. The van der Waals surface area contributed by atoms with E-state index in [1.54, 1.807) is 0 Å². The first kappa shape index (κ1) is 17.1. The Hall–Kier alpha value is 0.733. The van der Waals surface area contributed by atoms with Gasteiger partial charge in [0.1, 0.15) is 0 Å². The van der Waals surface area contributed by atoms with Gasteiger partial charge in [-0.05, 0) is 12.8 Å². The molecule has 0 aliphatic heterocycles. The minimum atomic E-state index is -4.00. The number of phosphoric ester groups is 1. The predicted octanol–water partition coefficient (Wildman–Crippen LogP) is 2.09. The van der Waals surface area contributed by atoms with E-state index in [1.807, 2.05) is 13.8 Å². The monoisotopic (exact) mass is 273 g/mol. The molecule has 80 valence electrons. The van der Waals surface area contributed by atoms with Crippen LogP contribution in [-0.4, -0.2) is 13.2 Å². The van der Waals surface area contributed by atoms with Crippen LogP contribution >= 0.6 is 7.82 Å². The van der Waals surface area contributed by atoms with Crippen LogP contribution < -0.4 is 4.89 Å². The number of rotatable bonds is 8. The van der Waals surface area contributed by atoms with E-state index in [0.29, 0.717) is 0 Å². The normalized spacial score (nSPS) is 11.1. The van der Waals surface area contributed by atoms with E-state index in [1.165, 1.54) is 0 Å². The van der Waals surface area contributed by atoms with Crippen molar-refractivity contribution in [2.45, 2.75) is 39.5 Å². The summed E-state index contributed by atoms with van der Waals surface area (Å²) in [7, 11) is -4.00. The van der Waals surface area contributed by atoms with Gasteiger partial charge in [0, 0.05) is 0 Å². The molecule has 0 atom stereocenters. The van der Waals surface area contributed by atoms with E-state index in [-0.39, 0.29) is 32.7 Å². The summed E-state index contributed by atoms with van der Waals surface area (Å²) < 4.78 is 20.2. The average molecular weight is 275 g/mol. The molecule has 0 amide bonds. The Morgan fingerprint density at radius 2 is 1.43 bits per heavy atom. The summed E-state index contributed by atoms with van der Waals surface area (Å²) in [6.45, 7) is 4.39. The molecule has 0 aliphatic rings. The van der Waals surface area contributed by atoms with Crippen molar-refractivity contribution in [3.8, 4) is 0 Å². The molecule has 0 bridgehead atoms. The van der Waals surface area contributed by atoms with Gasteiger partial charge in [-0.3, -0.25) is 4.57 Å². The van der Waals surface area contributed by atoms with Crippen molar-refractivity contribution in [1.82, 2.24) is 0 Å². The van der Waals surface area contributed by atoms with Crippen LogP contribution in [0.5, 0.6) is 0 Å². The quantitative estimate of drug-likeness (QED) is 0.386. The predicted molar refractivity (Wildman–Crippen MR) is 49.3 cm³/mol. The molecule has 0 aromatic carbocycles. The van der Waals surface area contributed by atoms with Crippen LogP contribution in [0.4, 0.5) is 0 Å². The first-order valence-corrected chi connectivity index (χ1v) is 6.18. The number of phosphoric acid groups is 1. The molecule has 0 saturated heterocycles.